The van der Waals surface area contributed by atoms with Gasteiger partial charge < -0.3 is 15.8 Å². The first-order valence-electron chi connectivity index (χ1n) is 5.30. The van der Waals surface area contributed by atoms with Crippen LogP contribution in [0, 0.1) is 0 Å². The minimum absolute atomic E-state index is 0.100. The van der Waals surface area contributed by atoms with Gasteiger partial charge in [0.05, 0.1) is 18.4 Å². The summed E-state index contributed by atoms with van der Waals surface area (Å²) in [4.78, 5) is 23.5. The van der Waals surface area contributed by atoms with Gasteiger partial charge in [0.15, 0.2) is 0 Å². The molecule has 0 spiro atoms. The normalized spacial score (nSPS) is 10.1. The van der Waals surface area contributed by atoms with Crippen molar-refractivity contribution >= 4 is 35.0 Å². The molecule has 8 nitrogen and oxygen atoms in total. The maximum atomic E-state index is 11.9. The molecule has 1 amide bonds. The van der Waals surface area contributed by atoms with Crippen molar-refractivity contribution in [3.05, 3.63) is 34.5 Å². The van der Waals surface area contributed by atoms with Crippen molar-refractivity contribution in [3.8, 4) is 0 Å². The van der Waals surface area contributed by atoms with E-state index in [1.807, 2.05) is 0 Å². The highest BCUT2D eigenvalue weighted by Crippen LogP contribution is 2.22. The maximum absolute atomic E-state index is 11.9. The number of hydrogen-bond acceptors (Lipinski definition) is 7. The van der Waals surface area contributed by atoms with Gasteiger partial charge in [-0.1, -0.05) is 11.6 Å². The lowest BCUT2D eigenvalue weighted by atomic mass is 10.1. The predicted octanol–water partition coefficient (Wildman–Crippen LogP) is 1.34. The number of rotatable bonds is 3. The Kier molecular flexibility index (Phi) is 3.85. The lowest BCUT2D eigenvalue weighted by molar-refractivity contribution is 0.0602. The van der Waals surface area contributed by atoms with E-state index >= 15 is 0 Å². The van der Waals surface area contributed by atoms with Crippen LogP contribution in [0.15, 0.2) is 22.8 Å². The zero-order valence-electron chi connectivity index (χ0n) is 10.2. The van der Waals surface area contributed by atoms with E-state index in [9.17, 15) is 9.59 Å². The number of amides is 1. The van der Waals surface area contributed by atoms with Crippen LogP contribution in [0.5, 0.6) is 0 Å². The van der Waals surface area contributed by atoms with Gasteiger partial charge in [0.25, 0.3) is 5.91 Å². The summed E-state index contributed by atoms with van der Waals surface area (Å²) in [7, 11) is 1.22. The second kappa shape index (κ2) is 5.57. The number of carbonyl (C=O) groups excluding carboxylic acids is 2. The van der Waals surface area contributed by atoms with Gasteiger partial charge in [0.2, 0.25) is 11.5 Å². The Morgan fingerprint density at radius 2 is 2.15 bits per heavy atom. The van der Waals surface area contributed by atoms with Gasteiger partial charge in [-0.25, -0.2) is 9.42 Å². The molecule has 104 valence electrons. The molecule has 0 atom stereocenters. The van der Waals surface area contributed by atoms with Crippen LogP contribution in [-0.2, 0) is 4.74 Å². The number of nitrogens with zero attached hydrogens (tertiary/aromatic N) is 2. The molecule has 0 radical (unpaired) electrons. The smallest absolute Gasteiger partial charge is 0.340 e. The fraction of sp³-hybridized carbons (Fsp3) is 0.0909. The Hall–Kier alpha value is -2.61. The summed E-state index contributed by atoms with van der Waals surface area (Å²) in [5, 5.41) is 9.42. The molecule has 20 heavy (non-hydrogen) atoms. The minimum Gasteiger partial charge on any atom is -0.465 e. The number of ether oxygens (including phenoxy) is 1. The molecule has 0 unspecified atom stereocenters. The molecule has 0 saturated heterocycles. The number of esters is 1. The zero-order chi connectivity index (χ0) is 14.7. The molecular weight excluding hydrogens is 288 g/mol. The number of methoxy groups -OCH3 is 1. The first kappa shape index (κ1) is 13.8. The van der Waals surface area contributed by atoms with E-state index in [1.54, 1.807) is 0 Å². The molecular formula is C11H9ClN4O4. The topological polar surface area (TPSA) is 120 Å². The number of nitrogens with two attached hydrogens (primary N) is 1. The van der Waals surface area contributed by atoms with Crippen LogP contribution in [0.4, 0.5) is 11.5 Å². The quantitative estimate of drug-likeness (QED) is 0.820. The number of nitrogens with one attached hydrogen (secondary N) is 1. The highest BCUT2D eigenvalue weighted by molar-refractivity contribution is 6.31. The molecule has 0 bridgehead atoms. The van der Waals surface area contributed by atoms with Gasteiger partial charge in [-0.3, -0.25) is 4.79 Å². The van der Waals surface area contributed by atoms with Crippen LogP contribution < -0.4 is 11.1 Å². The van der Waals surface area contributed by atoms with Crippen molar-refractivity contribution in [2.24, 2.45) is 0 Å². The average Bonchev–Trinajstić information content (AvgIpc) is 2.86. The molecule has 0 aliphatic heterocycles. The largest absolute Gasteiger partial charge is 0.465 e. The Balaban J connectivity index is 2.32. The molecule has 0 saturated carbocycles. The molecule has 1 heterocycles. The molecule has 2 aromatic rings. The molecule has 9 heteroatoms. The predicted molar refractivity (Wildman–Crippen MR) is 69.5 cm³/mol. The van der Waals surface area contributed by atoms with Crippen molar-refractivity contribution in [3.63, 3.8) is 0 Å². The van der Waals surface area contributed by atoms with Gasteiger partial charge in [-0.15, -0.1) is 0 Å². The van der Waals surface area contributed by atoms with Crippen molar-refractivity contribution < 1.29 is 19.0 Å². The molecule has 0 aliphatic carbocycles. The minimum atomic E-state index is -0.670. The summed E-state index contributed by atoms with van der Waals surface area (Å²) >= 11 is 5.80. The zero-order valence-corrected chi connectivity index (χ0v) is 11.0. The van der Waals surface area contributed by atoms with Gasteiger partial charge in [-0.05, 0) is 28.5 Å². The number of halogens is 1. The Bertz CT molecular complexity index is 670. The summed E-state index contributed by atoms with van der Waals surface area (Å²) in [5.74, 6) is -1.47. The van der Waals surface area contributed by atoms with Gasteiger partial charge >= 0.3 is 5.97 Å². The van der Waals surface area contributed by atoms with Crippen LogP contribution in [-0.4, -0.2) is 29.3 Å². The van der Waals surface area contributed by atoms with E-state index < -0.39 is 11.9 Å². The lowest BCUT2D eigenvalue weighted by Crippen LogP contribution is -2.17. The van der Waals surface area contributed by atoms with E-state index in [0.29, 0.717) is 5.02 Å². The summed E-state index contributed by atoms with van der Waals surface area (Å²) in [6.45, 7) is 0. The van der Waals surface area contributed by atoms with Crippen molar-refractivity contribution in [1.82, 2.24) is 10.3 Å². The fourth-order valence-electron chi connectivity index (χ4n) is 1.44. The third kappa shape index (κ3) is 2.69. The summed E-state index contributed by atoms with van der Waals surface area (Å²) in [5.41, 5.74) is 5.52. The standard InChI is InChI=1S/C11H9ClN4O4/c1-19-11(18)6-4-5(12)2-3-7(6)14-10(17)8-9(13)16-20-15-8/h2-4H,1H3,(H2,13,16)(H,14,17). The highest BCUT2D eigenvalue weighted by atomic mass is 35.5. The van der Waals surface area contributed by atoms with E-state index in [1.165, 1.54) is 25.3 Å². The summed E-state index contributed by atoms with van der Waals surface area (Å²) in [6.07, 6.45) is 0. The summed E-state index contributed by atoms with van der Waals surface area (Å²) < 4.78 is 8.93. The van der Waals surface area contributed by atoms with E-state index in [0.717, 1.165) is 0 Å². The molecule has 3 N–H and O–H groups in total. The number of benzene rings is 1. The van der Waals surface area contributed by atoms with Crippen molar-refractivity contribution in [2.45, 2.75) is 0 Å². The third-order valence-corrected chi connectivity index (χ3v) is 2.60. The second-order valence-corrected chi connectivity index (χ2v) is 4.07. The molecule has 1 aromatic heterocycles. The first-order chi connectivity index (χ1) is 9.52. The SMILES string of the molecule is COC(=O)c1cc(Cl)ccc1NC(=O)c1nonc1N. The van der Waals surface area contributed by atoms with E-state index in [2.05, 4.69) is 25.0 Å². The second-order valence-electron chi connectivity index (χ2n) is 3.63. The van der Waals surface area contributed by atoms with Crippen molar-refractivity contribution in [2.75, 3.05) is 18.2 Å². The average molecular weight is 297 g/mol. The Labute approximate surface area is 117 Å². The molecule has 2 rings (SSSR count). The number of hydrogen-bond donors (Lipinski definition) is 2. The number of aromatic nitrogens is 2. The highest BCUT2D eigenvalue weighted by Gasteiger charge is 2.19. The number of nitrogen functional groups attached to an aromatic ring is 1. The van der Waals surface area contributed by atoms with Crippen LogP contribution in [0.1, 0.15) is 20.8 Å². The maximum Gasteiger partial charge on any atom is 0.340 e. The summed E-state index contributed by atoms with van der Waals surface area (Å²) in [6, 6.07) is 4.33. The van der Waals surface area contributed by atoms with Crippen LogP contribution in [0.25, 0.3) is 0 Å². The van der Waals surface area contributed by atoms with E-state index in [4.69, 9.17) is 17.3 Å². The monoisotopic (exact) mass is 296 g/mol. The van der Waals surface area contributed by atoms with Crippen molar-refractivity contribution in [1.29, 1.82) is 0 Å². The van der Waals surface area contributed by atoms with Gasteiger partial charge in [-0.2, -0.15) is 0 Å². The molecule has 0 fully saturated rings. The first-order valence-corrected chi connectivity index (χ1v) is 5.68. The van der Waals surface area contributed by atoms with Gasteiger partial charge in [0, 0.05) is 5.02 Å². The lowest BCUT2D eigenvalue weighted by Gasteiger charge is -2.09. The van der Waals surface area contributed by atoms with Crippen LogP contribution in [0.3, 0.4) is 0 Å². The molecule has 0 aliphatic rings. The Morgan fingerprint density at radius 1 is 1.40 bits per heavy atom. The Morgan fingerprint density at radius 3 is 2.75 bits per heavy atom. The van der Waals surface area contributed by atoms with Crippen LogP contribution in [0.2, 0.25) is 5.02 Å². The van der Waals surface area contributed by atoms with E-state index in [-0.39, 0.29) is 22.8 Å². The number of anilines is 2. The fourth-order valence-corrected chi connectivity index (χ4v) is 1.61. The van der Waals surface area contributed by atoms with Gasteiger partial charge in [0.1, 0.15) is 0 Å². The third-order valence-electron chi connectivity index (χ3n) is 2.36. The molecule has 1 aromatic carbocycles. The number of carbonyl (C=O) groups is 2. The van der Waals surface area contributed by atoms with Crippen LogP contribution >= 0.6 is 11.6 Å².